The second-order valence-electron chi connectivity index (χ2n) is 10.0. The maximum atomic E-state index is 12.6. The first kappa shape index (κ1) is 19.7. The highest BCUT2D eigenvalue weighted by atomic mass is 16.7. The van der Waals surface area contributed by atoms with Gasteiger partial charge in [0.15, 0.2) is 11.5 Å². The van der Waals surface area contributed by atoms with Crippen LogP contribution in [0.5, 0.6) is 11.5 Å². The van der Waals surface area contributed by atoms with E-state index in [1.165, 1.54) is 12.0 Å². The summed E-state index contributed by atoms with van der Waals surface area (Å²) in [6.45, 7) is 7.20. The number of fused-ring (bicyclic) bond motifs is 3. The van der Waals surface area contributed by atoms with Gasteiger partial charge >= 0.3 is 5.97 Å². The molecule has 160 valence electrons. The van der Waals surface area contributed by atoms with Crippen LogP contribution >= 0.6 is 0 Å². The molecule has 2 atom stereocenters. The zero-order valence-corrected chi connectivity index (χ0v) is 18.2. The quantitative estimate of drug-likeness (QED) is 0.472. The van der Waals surface area contributed by atoms with Gasteiger partial charge in [-0.1, -0.05) is 51.3 Å². The van der Waals surface area contributed by atoms with E-state index in [-0.39, 0.29) is 29.5 Å². The zero-order chi connectivity index (χ0) is 20.9. The first-order valence-corrected chi connectivity index (χ1v) is 11.3. The predicted molar refractivity (Wildman–Crippen MR) is 115 cm³/mol. The number of oxime groups is 1. The molecular formula is C25H31NO4. The number of hydrogen-bond donors (Lipinski definition) is 0. The molecule has 1 aromatic carbocycles. The SMILES string of the molecule is CC1(C)[C@H]2CC[C@@]1(C)C(=N/OC(=O)C1CCCCC1)/C2=C/c1ccc2c(c1)OCO2. The van der Waals surface area contributed by atoms with Crippen LogP contribution in [0.2, 0.25) is 0 Å². The van der Waals surface area contributed by atoms with Crippen LogP contribution in [-0.2, 0) is 9.63 Å². The molecule has 5 heteroatoms. The van der Waals surface area contributed by atoms with E-state index in [9.17, 15) is 4.79 Å². The van der Waals surface area contributed by atoms with E-state index in [4.69, 9.17) is 14.3 Å². The summed E-state index contributed by atoms with van der Waals surface area (Å²) in [6, 6.07) is 6.02. The topological polar surface area (TPSA) is 57.1 Å². The van der Waals surface area contributed by atoms with Gasteiger partial charge in [-0.25, -0.2) is 4.79 Å². The van der Waals surface area contributed by atoms with Crippen LogP contribution in [0.25, 0.3) is 6.08 Å². The van der Waals surface area contributed by atoms with Gasteiger partial charge in [0.05, 0.1) is 11.6 Å². The fourth-order valence-electron chi connectivity index (χ4n) is 5.96. The monoisotopic (exact) mass is 409 g/mol. The Labute approximate surface area is 178 Å². The third kappa shape index (κ3) is 2.97. The van der Waals surface area contributed by atoms with Gasteiger partial charge in [0.25, 0.3) is 0 Å². The number of ether oxygens (including phenoxy) is 2. The molecule has 1 aliphatic heterocycles. The Morgan fingerprint density at radius 3 is 2.67 bits per heavy atom. The molecule has 1 aromatic rings. The number of benzene rings is 1. The predicted octanol–water partition coefficient (Wildman–Crippen LogP) is 5.73. The molecule has 0 spiro atoms. The van der Waals surface area contributed by atoms with Crippen LogP contribution in [-0.4, -0.2) is 18.5 Å². The second-order valence-corrected chi connectivity index (χ2v) is 10.0. The Balaban J connectivity index is 1.47. The van der Waals surface area contributed by atoms with Crippen LogP contribution in [0.15, 0.2) is 28.9 Å². The third-order valence-electron chi connectivity index (χ3n) is 8.28. The lowest BCUT2D eigenvalue weighted by Gasteiger charge is -2.33. The van der Waals surface area contributed by atoms with E-state index in [2.05, 4.69) is 32.0 Å². The molecule has 4 aliphatic rings. The molecule has 0 radical (unpaired) electrons. The number of rotatable bonds is 3. The highest BCUT2D eigenvalue weighted by molar-refractivity contribution is 6.11. The van der Waals surface area contributed by atoms with Crippen LogP contribution in [0.3, 0.4) is 0 Å². The first-order valence-electron chi connectivity index (χ1n) is 11.3. The van der Waals surface area contributed by atoms with Crippen LogP contribution in [0, 0.1) is 22.7 Å². The first-order chi connectivity index (χ1) is 14.4. The summed E-state index contributed by atoms with van der Waals surface area (Å²) >= 11 is 0. The van der Waals surface area contributed by atoms with Crippen molar-refractivity contribution in [3.63, 3.8) is 0 Å². The summed E-state index contributed by atoms with van der Waals surface area (Å²) in [5.41, 5.74) is 3.19. The number of allylic oxidation sites excluding steroid dienone is 1. The maximum absolute atomic E-state index is 12.6. The highest BCUT2D eigenvalue weighted by Crippen LogP contribution is 2.66. The summed E-state index contributed by atoms with van der Waals surface area (Å²) < 4.78 is 11.0. The lowest BCUT2D eigenvalue weighted by Crippen LogP contribution is -2.33. The van der Waals surface area contributed by atoms with Gasteiger partial charge in [-0.2, -0.15) is 0 Å². The summed E-state index contributed by atoms with van der Waals surface area (Å²) in [6.07, 6.45) is 9.69. The van der Waals surface area contributed by atoms with Crippen molar-refractivity contribution in [3.05, 3.63) is 29.3 Å². The zero-order valence-electron chi connectivity index (χ0n) is 18.2. The lowest BCUT2D eigenvalue weighted by atomic mass is 9.70. The van der Waals surface area contributed by atoms with Crippen molar-refractivity contribution in [2.75, 3.05) is 6.79 Å². The third-order valence-corrected chi connectivity index (χ3v) is 8.28. The van der Waals surface area contributed by atoms with Crippen LogP contribution in [0.1, 0.15) is 71.3 Å². The minimum atomic E-state index is -0.159. The van der Waals surface area contributed by atoms with Crippen LogP contribution < -0.4 is 9.47 Å². The van der Waals surface area contributed by atoms with Gasteiger partial charge in [-0.15, -0.1) is 0 Å². The number of nitrogens with zero attached hydrogens (tertiary/aromatic N) is 1. The highest BCUT2D eigenvalue weighted by Gasteiger charge is 2.63. The fraction of sp³-hybridized carbons (Fsp3) is 0.600. The molecule has 5 nitrogen and oxygen atoms in total. The summed E-state index contributed by atoms with van der Waals surface area (Å²) in [4.78, 5) is 18.2. The standard InChI is InChI=1S/C25H31NO4/c1-24(2)19-11-12-25(24,3)22(26-30-23(27)17-7-5-4-6-8-17)18(19)13-16-9-10-20-21(14-16)29-15-28-20/h9-10,13-14,17,19H,4-8,11-12,15H2,1-3H3/b18-13+,26-22+/t19-,25-/m0/s1. The van der Waals surface area contributed by atoms with Crippen molar-refractivity contribution in [3.8, 4) is 11.5 Å². The minimum Gasteiger partial charge on any atom is -0.454 e. The molecule has 2 bridgehead atoms. The van der Waals surface area contributed by atoms with E-state index in [1.54, 1.807) is 0 Å². The van der Waals surface area contributed by atoms with E-state index >= 15 is 0 Å². The summed E-state index contributed by atoms with van der Waals surface area (Å²) in [5.74, 6) is 1.81. The normalized spacial score (nSPS) is 32.2. The Kier molecular flexibility index (Phi) is 4.68. The van der Waals surface area contributed by atoms with Gasteiger partial charge in [-0.05, 0) is 66.4 Å². The molecular weight excluding hydrogens is 378 g/mol. The maximum Gasteiger partial charge on any atom is 0.338 e. The smallest absolute Gasteiger partial charge is 0.338 e. The number of hydrogen-bond acceptors (Lipinski definition) is 5. The summed E-state index contributed by atoms with van der Waals surface area (Å²) in [7, 11) is 0. The molecule has 0 N–H and O–H groups in total. The lowest BCUT2D eigenvalue weighted by molar-refractivity contribution is -0.149. The van der Waals surface area contributed by atoms with Crippen molar-refractivity contribution < 1.29 is 19.1 Å². The Hall–Kier alpha value is -2.30. The molecule has 0 saturated heterocycles. The Bertz CT molecular complexity index is 925. The van der Waals surface area contributed by atoms with E-state index in [0.717, 1.165) is 61.3 Å². The van der Waals surface area contributed by atoms with Gasteiger partial charge < -0.3 is 14.3 Å². The van der Waals surface area contributed by atoms with E-state index < -0.39 is 0 Å². The molecule has 3 aliphatic carbocycles. The van der Waals surface area contributed by atoms with E-state index in [0.29, 0.717) is 5.92 Å². The van der Waals surface area contributed by atoms with Crippen molar-refractivity contribution in [2.45, 2.75) is 65.7 Å². The van der Waals surface area contributed by atoms with Crippen molar-refractivity contribution in [1.29, 1.82) is 0 Å². The second kappa shape index (κ2) is 7.14. The minimum absolute atomic E-state index is 0.00351. The van der Waals surface area contributed by atoms with Gasteiger partial charge in [-0.3, -0.25) is 0 Å². The Morgan fingerprint density at radius 2 is 1.87 bits per heavy atom. The number of carbonyl (C=O) groups excluding carboxylic acids is 1. The van der Waals surface area contributed by atoms with Gasteiger partial charge in [0.2, 0.25) is 6.79 Å². The molecule has 3 fully saturated rings. The molecule has 1 heterocycles. The number of carbonyl (C=O) groups is 1. The van der Waals surface area contributed by atoms with Crippen molar-refractivity contribution in [1.82, 2.24) is 0 Å². The molecule has 3 saturated carbocycles. The van der Waals surface area contributed by atoms with Crippen molar-refractivity contribution >= 4 is 17.8 Å². The largest absolute Gasteiger partial charge is 0.454 e. The molecule has 0 unspecified atom stereocenters. The average Bonchev–Trinajstić information content (AvgIpc) is 3.34. The van der Waals surface area contributed by atoms with Crippen molar-refractivity contribution in [2.24, 2.45) is 27.8 Å². The van der Waals surface area contributed by atoms with E-state index in [1.807, 2.05) is 18.2 Å². The molecule has 30 heavy (non-hydrogen) atoms. The van der Waals surface area contributed by atoms with Gasteiger partial charge in [0.1, 0.15) is 0 Å². The molecule has 0 amide bonds. The van der Waals surface area contributed by atoms with Crippen LogP contribution in [0.4, 0.5) is 0 Å². The summed E-state index contributed by atoms with van der Waals surface area (Å²) in [5, 5.41) is 4.54. The molecule has 5 rings (SSSR count). The average molecular weight is 410 g/mol. The molecule has 0 aromatic heterocycles. The van der Waals surface area contributed by atoms with Gasteiger partial charge in [0, 0.05) is 5.41 Å². The fourth-order valence-corrected chi connectivity index (χ4v) is 5.96. The Morgan fingerprint density at radius 1 is 1.10 bits per heavy atom.